The lowest BCUT2D eigenvalue weighted by molar-refractivity contribution is 0.181. The van der Waals surface area contributed by atoms with Crippen LogP contribution in [0.1, 0.15) is 0 Å². The smallest absolute Gasteiger partial charge is 0.215 e. The quantitative estimate of drug-likeness (QED) is 0.533. The second kappa shape index (κ2) is 7.67. The molecular formula is C8H18BrNO5S2. The number of halogens is 1. The molecule has 17 heavy (non-hydrogen) atoms. The molecule has 104 valence electrons. The monoisotopic (exact) mass is 351 g/mol. The number of sulfone groups is 1. The van der Waals surface area contributed by atoms with Crippen LogP contribution in [0.15, 0.2) is 0 Å². The van der Waals surface area contributed by atoms with Crippen molar-refractivity contribution in [3.8, 4) is 0 Å². The average Bonchev–Trinajstić information content (AvgIpc) is 2.20. The maximum absolute atomic E-state index is 11.9. The van der Waals surface area contributed by atoms with Crippen LogP contribution in [0.25, 0.3) is 0 Å². The molecule has 0 heterocycles. The van der Waals surface area contributed by atoms with E-state index in [1.165, 1.54) is 11.4 Å². The summed E-state index contributed by atoms with van der Waals surface area (Å²) in [5.74, 6) is -0.746. The van der Waals surface area contributed by atoms with Gasteiger partial charge in [0.1, 0.15) is 9.84 Å². The molecule has 0 saturated carbocycles. The molecule has 0 aromatic rings. The first-order chi connectivity index (χ1) is 7.73. The number of hydrogen-bond acceptors (Lipinski definition) is 5. The second-order valence-corrected chi connectivity index (χ2v) is 8.67. The average molecular weight is 352 g/mol. The number of methoxy groups -OCH3 is 1. The first kappa shape index (κ1) is 17.3. The van der Waals surface area contributed by atoms with Gasteiger partial charge in [-0.1, -0.05) is 15.9 Å². The summed E-state index contributed by atoms with van der Waals surface area (Å²) in [4.78, 5) is 0. The van der Waals surface area contributed by atoms with Crippen LogP contribution in [0.3, 0.4) is 0 Å². The predicted molar refractivity (Wildman–Crippen MR) is 70.7 cm³/mol. The van der Waals surface area contributed by atoms with E-state index in [-0.39, 0.29) is 24.7 Å². The summed E-state index contributed by atoms with van der Waals surface area (Å²) in [6, 6.07) is 0. The Balaban J connectivity index is 4.59. The van der Waals surface area contributed by atoms with Gasteiger partial charge in [0.15, 0.2) is 0 Å². The highest BCUT2D eigenvalue weighted by molar-refractivity contribution is 9.09. The molecule has 0 atom stereocenters. The summed E-state index contributed by atoms with van der Waals surface area (Å²) in [6.45, 7) is 0.814. The topological polar surface area (TPSA) is 80.8 Å². The zero-order valence-electron chi connectivity index (χ0n) is 9.93. The van der Waals surface area contributed by atoms with Crippen molar-refractivity contribution in [1.29, 1.82) is 0 Å². The Bertz CT molecular complexity index is 406. The number of nitrogens with zero attached hydrogens (tertiary/aromatic N) is 1. The third kappa shape index (κ3) is 8.09. The fourth-order valence-corrected chi connectivity index (χ4v) is 4.76. The molecule has 0 aliphatic heterocycles. The van der Waals surface area contributed by atoms with Crippen LogP contribution in [0.5, 0.6) is 0 Å². The van der Waals surface area contributed by atoms with Crippen LogP contribution in [-0.4, -0.2) is 71.0 Å². The van der Waals surface area contributed by atoms with Crippen molar-refractivity contribution in [2.45, 2.75) is 0 Å². The minimum atomic E-state index is -3.55. The van der Waals surface area contributed by atoms with Gasteiger partial charge in [0, 0.05) is 31.8 Å². The van der Waals surface area contributed by atoms with Crippen LogP contribution in [0, 0.1) is 0 Å². The fraction of sp³-hybridized carbons (Fsp3) is 1.00. The van der Waals surface area contributed by atoms with E-state index in [1.54, 1.807) is 0 Å². The summed E-state index contributed by atoms with van der Waals surface area (Å²) in [7, 11) is -5.34. The number of hydrogen-bond donors (Lipinski definition) is 0. The molecule has 0 rings (SSSR count). The van der Waals surface area contributed by atoms with Crippen molar-refractivity contribution in [3.63, 3.8) is 0 Å². The highest BCUT2D eigenvalue weighted by Crippen LogP contribution is 2.04. The minimum absolute atomic E-state index is 0.230. The highest BCUT2D eigenvalue weighted by Gasteiger charge is 2.22. The molecular weight excluding hydrogens is 334 g/mol. The van der Waals surface area contributed by atoms with E-state index in [2.05, 4.69) is 15.9 Å². The van der Waals surface area contributed by atoms with Crippen molar-refractivity contribution in [3.05, 3.63) is 0 Å². The van der Waals surface area contributed by atoms with Crippen LogP contribution < -0.4 is 0 Å². The third-order valence-electron chi connectivity index (χ3n) is 1.98. The standard InChI is InChI=1S/C8H18BrNO5S2/c1-15-6-5-10(4-3-9)17(13,14)8-7-16(2,11)12/h3-8H2,1-2H3. The molecule has 0 radical (unpaired) electrons. The van der Waals surface area contributed by atoms with Crippen molar-refractivity contribution in [2.75, 3.05) is 49.9 Å². The number of alkyl halides is 1. The maximum atomic E-state index is 11.9. The molecule has 0 aromatic carbocycles. The summed E-state index contributed by atoms with van der Waals surface area (Å²) in [6.07, 6.45) is 1.02. The van der Waals surface area contributed by atoms with Crippen molar-refractivity contribution >= 4 is 35.8 Å². The van der Waals surface area contributed by atoms with Gasteiger partial charge in [0.05, 0.1) is 18.1 Å². The fourth-order valence-electron chi connectivity index (χ4n) is 1.06. The Hall–Kier alpha value is 0.300. The Kier molecular flexibility index (Phi) is 7.81. The van der Waals surface area contributed by atoms with E-state index in [0.717, 1.165) is 6.26 Å². The summed E-state index contributed by atoms with van der Waals surface area (Å²) in [5.41, 5.74) is 0. The molecule has 0 unspecified atom stereocenters. The third-order valence-corrected chi connectivity index (χ3v) is 5.41. The maximum Gasteiger partial charge on any atom is 0.215 e. The molecule has 0 aliphatic rings. The summed E-state index contributed by atoms with van der Waals surface area (Å²) in [5, 5.41) is 0.495. The number of rotatable bonds is 9. The minimum Gasteiger partial charge on any atom is -0.383 e. The van der Waals surface area contributed by atoms with E-state index in [1.807, 2.05) is 0 Å². The zero-order chi connectivity index (χ0) is 13.5. The Labute approximate surface area is 111 Å². The largest absolute Gasteiger partial charge is 0.383 e. The molecule has 0 spiro atoms. The molecule has 0 aliphatic carbocycles. The molecule has 6 nitrogen and oxygen atoms in total. The SMILES string of the molecule is COCCN(CCBr)S(=O)(=O)CCS(C)(=O)=O. The Morgan fingerprint density at radius 1 is 1.12 bits per heavy atom. The lowest BCUT2D eigenvalue weighted by atomic mass is 10.6. The van der Waals surface area contributed by atoms with Gasteiger partial charge in [0.2, 0.25) is 10.0 Å². The van der Waals surface area contributed by atoms with Crippen molar-refractivity contribution in [1.82, 2.24) is 4.31 Å². The molecule has 0 aromatic heterocycles. The van der Waals surface area contributed by atoms with Crippen LogP contribution in [0.2, 0.25) is 0 Å². The molecule has 0 saturated heterocycles. The van der Waals surface area contributed by atoms with Crippen molar-refractivity contribution < 1.29 is 21.6 Å². The van der Waals surface area contributed by atoms with Gasteiger partial charge in [0.25, 0.3) is 0 Å². The first-order valence-electron chi connectivity index (χ1n) is 4.93. The Morgan fingerprint density at radius 3 is 2.12 bits per heavy atom. The van der Waals surface area contributed by atoms with Crippen LogP contribution in [-0.2, 0) is 24.6 Å². The van der Waals surface area contributed by atoms with E-state index in [0.29, 0.717) is 11.9 Å². The zero-order valence-corrected chi connectivity index (χ0v) is 13.1. The van der Waals surface area contributed by atoms with Gasteiger partial charge in [-0.05, 0) is 0 Å². The number of ether oxygens (including phenoxy) is 1. The van der Waals surface area contributed by atoms with Gasteiger partial charge in [-0.25, -0.2) is 16.8 Å². The van der Waals surface area contributed by atoms with Gasteiger partial charge in [-0.3, -0.25) is 0 Å². The lowest BCUT2D eigenvalue weighted by Crippen LogP contribution is -2.38. The highest BCUT2D eigenvalue weighted by atomic mass is 79.9. The van der Waals surface area contributed by atoms with E-state index < -0.39 is 19.9 Å². The van der Waals surface area contributed by atoms with Gasteiger partial charge in [-0.15, -0.1) is 0 Å². The van der Waals surface area contributed by atoms with E-state index >= 15 is 0 Å². The normalized spacial score (nSPS) is 13.2. The van der Waals surface area contributed by atoms with E-state index in [9.17, 15) is 16.8 Å². The van der Waals surface area contributed by atoms with Gasteiger partial charge >= 0.3 is 0 Å². The Morgan fingerprint density at radius 2 is 1.71 bits per heavy atom. The second-order valence-electron chi connectivity index (χ2n) is 3.53. The number of sulfonamides is 1. The lowest BCUT2D eigenvalue weighted by Gasteiger charge is -2.20. The molecule has 0 fully saturated rings. The molecule has 9 heteroatoms. The van der Waals surface area contributed by atoms with Crippen LogP contribution in [0.4, 0.5) is 0 Å². The van der Waals surface area contributed by atoms with Gasteiger partial charge in [-0.2, -0.15) is 4.31 Å². The molecule has 0 bridgehead atoms. The van der Waals surface area contributed by atoms with Crippen molar-refractivity contribution in [2.24, 2.45) is 0 Å². The summed E-state index contributed by atoms with van der Waals surface area (Å²) < 4.78 is 51.7. The van der Waals surface area contributed by atoms with Crippen LogP contribution >= 0.6 is 15.9 Å². The van der Waals surface area contributed by atoms with Gasteiger partial charge < -0.3 is 4.74 Å². The molecule has 0 N–H and O–H groups in total. The molecule has 0 amide bonds. The predicted octanol–water partition coefficient (Wildman–Crippen LogP) is -0.296. The van der Waals surface area contributed by atoms with E-state index in [4.69, 9.17) is 4.74 Å². The summed E-state index contributed by atoms with van der Waals surface area (Å²) >= 11 is 3.16. The first-order valence-corrected chi connectivity index (χ1v) is 9.72.